The van der Waals surface area contributed by atoms with Crippen LogP contribution in [0, 0.1) is 6.42 Å². The number of halogens is 1. The van der Waals surface area contributed by atoms with Crippen LogP contribution in [0.1, 0.15) is 30.7 Å². The van der Waals surface area contributed by atoms with Crippen LogP contribution in [0.25, 0.3) is 0 Å². The average Bonchev–Trinajstić information content (AvgIpc) is 2.56. The van der Waals surface area contributed by atoms with Crippen molar-refractivity contribution in [2.45, 2.75) is 25.2 Å². The molecule has 1 aliphatic rings. The SMILES string of the molecule is Brc1cccc(C2[CH]CCC2)c1. The summed E-state index contributed by atoms with van der Waals surface area (Å²) < 4.78 is 1.19. The first-order chi connectivity index (χ1) is 5.86. The highest BCUT2D eigenvalue weighted by molar-refractivity contribution is 9.10. The zero-order valence-electron chi connectivity index (χ0n) is 6.96. The van der Waals surface area contributed by atoms with Gasteiger partial charge in [0.1, 0.15) is 0 Å². The van der Waals surface area contributed by atoms with Gasteiger partial charge in [0.25, 0.3) is 0 Å². The fraction of sp³-hybridized carbons (Fsp3) is 0.364. The van der Waals surface area contributed by atoms with Crippen molar-refractivity contribution in [2.24, 2.45) is 0 Å². The van der Waals surface area contributed by atoms with Crippen LogP contribution in [0.15, 0.2) is 28.7 Å². The molecule has 1 aromatic rings. The first kappa shape index (κ1) is 8.31. The second-order valence-corrected chi connectivity index (χ2v) is 4.24. The zero-order chi connectivity index (χ0) is 8.39. The Balaban J connectivity index is 2.21. The molecule has 1 heteroatoms. The molecular weight excluding hydrogens is 212 g/mol. The molecule has 1 atom stereocenters. The lowest BCUT2D eigenvalue weighted by molar-refractivity contribution is 0.790. The molecule has 0 aromatic heterocycles. The molecule has 0 spiro atoms. The van der Waals surface area contributed by atoms with Gasteiger partial charge < -0.3 is 0 Å². The van der Waals surface area contributed by atoms with Crippen molar-refractivity contribution >= 4 is 15.9 Å². The molecular formula is C11H12Br. The van der Waals surface area contributed by atoms with Crippen molar-refractivity contribution < 1.29 is 0 Å². The van der Waals surface area contributed by atoms with E-state index < -0.39 is 0 Å². The third-order valence-electron chi connectivity index (χ3n) is 2.45. The minimum Gasteiger partial charge on any atom is -0.0609 e. The van der Waals surface area contributed by atoms with Crippen LogP contribution in [0.3, 0.4) is 0 Å². The number of rotatable bonds is 1. The van der Waals surface area contributed by atoms with Gasteiger partial charge in [-0.05, 0) is 42.9 Å². The Morgan fingerprint density at radius 2 is 2.25 bits per heavy atom. The third-order valence-corrected chi connectivity index (χ3v) is 2.94. The topological polar surface area (TPSA) is 0 Å². The first-order valence-corrected chi connectivity index (χ1v) is 5.24. The second-order valence-electron chi connectivity index (χ2n) is 3.33. The van der Waals surface area contributed by atoms with Gasteiger partial charge in [0.15, 0.2) is 0 Å². The fourth-order valence-electron chi connectivity index (χ4n) is 1.81. The number of benzene rings is 1. The molecule has 1 unspecified atom stereocenters. The molecule has 1 saturated carbocycles. The van der Waals surface area contributed by atoms with Crippen molar-refractivity contribution in [3.05, 3.63) is 40.7 Å². The largest absolute Gasteiger partial charge is 0.0609 e. The highest BCUT2D eigenvalue weighted by Crippen LogP contribution is 2.33. The lowest BCUT2D eigenvalue weighted by Gasteiger charge is -2.08. The molecule has 0 amide bonds. The molecule has 1 aromatic carbocycles. The minimum absolute atomic E-state index is 0.711. The predicted octanol–water partition coefficient (Wildman–Crippen LogP) is 3.92. The van der Waals surface area contributed by atoms with E-state index in [9.17, 15) is 0 Å². The normalized spacial score (nSPS) is 18.4. The van der Waals surface area contributed by atoms with Gasteiger partial charge in [-0.1, -0.05) is 34.5 Å². The molecule has 1 fully saturated rings. The van der Waals surface area contributed by atoms with E-state index in [-0.39, 0.29) is 0 Å². The summed E-state index contributed by atoms with van der Waals surface area (Å²) in [4.78, 5) is 0. The van der Waals surface area contributed by atoms with Gasteiger partial charge in [-0.25, -0.2) is 0 Å². The van der Waals surface area contributed by atoms with Crippen molar-refractivity contribution in [3.8, 4) is 0 Å². The number of hydrogen-bond donors (Lipinski definition) is 0. The maximum Gasteiger partial charge on any atom is 0.0178 e. The highest BCUT2D eigenvalue weighted by Gasteiger charge is 2.16. The second kappa shape index (κ2) is 3.61. The van der Waals surface area contributed by atoms with Crippen molar-refractivity contribution in [3.63, 3.8) is 0 Å². The Hall–Kier alpha value is -0.300. The molecule has 0 saturated heterocycles. The van der Waals surface area contributed by atoms with E-state index in [0.29, 0.717) is 5.92 Å². The van der Waals surface area contributed by atoms with Crippen LogP contribution in [0.2, 0.25) is 0 Å². The lowest BCUT2D eigenvalue weighted by atomic mass is 9.98. The van der Waals surface area contributed by atoms with Gasteiger partial charge in [0, 0.05) is 4.47 Å². The van der Waals surface area contributed by atoms with Gasteiger partial charge in [0.2, 0.25) is 0 Å². The molecule has 0 heterocycles. The monoisotopic (exact) mass is 223 g/mol. The Labute approximate surface area is 82.1 Å². The summed E-state index contributed by atoms with van der Waals surface area (Å²) in [5, 5.41) is 0. The summed E-state index contributed by atoms with van der Waals surface area (Å²) in [6.45, 7) is 0. The lowest BCUT2D eigenvalue weighted by Crippen LogP contribution is -1.91. The maximum atomic E-state index is 3.50. The molecule has 0 bridgehead atoms. The smallest absolute Gasteiger partial charge is 0.0178 e. The van der Waals surface area contributed by atoms with E-state index in [2.05, 4.69) is 46.6 Å². The maximum absolute atomic E-state index is 3.50. The van der Waals surface area contributed by atoms with Crippen LogP contribution < -0.4 is 0 Å². The molecule has 0 N–H and O–H groups in total. The molecule has 12 heavy (non-hydrogen) atoms. The predicted molar refractivity (Wildman–Crippen MR) is 55.0 cm³/mol. The molecule has 1 aliphatic carbocycles. The average molecular weight is 224 g/mol. The quantitative estimate of drug-likeness (QED) is 0.678. The van der Waals surface area contributed by atoms with Crippen LogP contribution >= 0.6 is 15.9 Å². The zero-order valence-corrected chi connectivity index (χ0v) is 8.55. The summed E-state index contributed by atoms with van der Waals surface area (Å²) in [6, 6.07) is 8.65. The molecule has 0 nitrogen and oxygen atoms in total. The van der Waals surface area contributed by atoms with Gasteiger partial charge in [-0.3, -0.25) is 0 Å². The van der Waals surface area contributed by atoms with Gasteiger partial charge >= 0.3 is 0 Å². The Morgan fingerprint density at radius 3 is 2.92 bits per heavy atom. The van der Waals surface area contributed by atoms with Gasteiger partial charge in [-0.2, -0.15) is 0 Å². The molecule has 0 aliphatic heterocycles. The Kier molecular flexibility index (Phi) is 2.50. The summed E-state index contributed by atoms with van der Waals surface area (Å²) in [5.41, 5.74) is 1.46. The van der Waals surface area contributed by atoms with E-state index in [0.717, 1.165) is 0 Å². The van der Waals surface area contributed by atoms with Crippen molar-refractivity contribution in [1.29, 1.82) is 0 Å². The highest BCUT2D eigenvalue weighted by atomic mass is 79.9. The van der Waals surface area contributed by atoms with Crippen molar-refractivity contribution in [1.82, 2.24) is 0 Å². The van der Waals surface area contributed by atoms with E-state index >= 15 is 0 Å². The van der Waals surface area contributed by atoms with E-state index in [4.69, 9.17) is 0 Å². The molecule has 63 valence electrons. The summed E-state index contributed by atoms with van der Waals surface area (Å²) >= 11 is 3.50. The van der Waals surface area contributed by atoms with Crippen LogP contribution in [0.5, 0.6) is 0 Å². The fourth-order valence-corrected chi connectivity index (χ4v) is 2.23. The van der Waals surface area contributed by atoms with E-state index in [1.165, 1.54) is 29.3 Å². The molecule has 1 radical (unpaired) electrons. The standard InChI is InChI=1S/C11H12Br/c12-11-7-3-6-10(8-11)9-4-1-2-5-9/h3-4,6-9H,1-2,5H2. The minimum atomic E-state index is 0.711. The summed E-state index contributed by atoms with van der Waals surface area (Å²) in [6.07, 6.45) is 6.41. The third kappa shape index (κ3) is 1.71. The number of hydrogen-bond acceptors (Lipinski definition) is 0. The Morgan fingerprint density at radius 1 is 1.33 bits per heavy atom. The molecule has 2 rings (SSSR count). The van der Waals surface area contributed by atoms with Crippen LogP contribution in [-0.4, -0.2) is 0 Å². The summed E-state index contributed by atoms with van der Waals surface area (Å²) in [7, 11) is 0. The summed E-state index contributed by atoms with van der Waals surface area (Å²) in [5.74, 6) is 0.711. The van der Waals surface area contributed by atoms with Crippen LogP contribution in [0.4, 0.5) is 0 Å². The van der Waals surface area contributed by atoms with E-state index in [1.54, 1.807) is 0 Å². The van der Waals surface area contributed by atoms with Crippen LogP contribution in [-0.2, 0) is 0 Å². The van der Waals surface area contributed by atoms with Gasteiger partial charge in [0.05, 0.1) is 0 Å². The van der Waals surface area contributed by atoms with E-state index in [1.807, 2.05) is 0 Å². The van der Waals surface area contributed by atoms with Gasteiger partial charge in [-0.15, -0.1) is 0 Å². The Bertz CT molecular complexity index is 261. The van der Waals surface area contributed by atoms with Crippen molar-refractivity contribution in [2.75, 3.05) is 0 Å². The first-order valence-electron chi connectivity index (χ1n) is 4.45.